The SMILES string of the molecule is C[C@@H](Oc1cccc(Br)c1)C(=O)NNC(=S)NCCCN(C)C. The molecule has 0 heterocycles. The Morgan fingerprint density at radius 3 is 2.78 bits per heavy atom. The predicted octanol–water partition coefficient (Wildman–Crippen LogP) is 1.66. The van der Waals surface area contributed by atoms with Gasteiger partial charge in [-0.1, -0.05) is 22.0 Å². The van der Waals surface area contributed by atoms with Crippen LogP contribution < -0.4 is 20.9 Å². The molecule has 6 nitrogen and oxygen atoms in total. The molecule has 0 aliphatic carbocycles. The van der Waals surface area contributed by atoms with E-state index in [-0.39, 0.29) is 5.91 Å². The number of carbonyl (C=O) groups is 1. The number of benzene rings is 1. The molecular formula is C15H23BrN4O2S. The van der Waals surface area contributed by atoms with E-state index < -0.39 is 6.10 Å². The molecule has 128 valence electrons. The smallest absolute Gasteiger partial charge is 0.279 e. The Morgan fingerprint density at radius 1 is 1.39 bits per heavy atom. The van der Waals surface area contributed by atoms with Gasteiger partial charge < -0.3 is 15.0 Å². The van der Waals surface area contributed by atoms with E-state index in [9.17, 15) is 4.79 Å². The van der Waals surface area contributed by atoms with Crippen molar-refractivity contribution in [3.8, 4) is 5.75 Å². The fourth-order valence-corrected chi connectivity index (χ4v) is 2.19. The zero-order valence-electron chi connectivity index (χ0n) is 13.6. The van der Waals surface area contributed by atoms with Gasteiger partial charge in [0.05, 0.1) is 0 Å². The van der Waals surface area contributed by atoms with Crippen LogP contribution in [0.25, 0.3) is 0 Å². The molecule has 3 N–H and O–H groups in total. The van der Waals surface area contributed by atoms with Crippen LogP contribution in [0.2, 0.25) is 0 Å². The molecule has 1 aromatic carbocycles. The number of amides is 1. The third kappa shape index (κ3) is 8.73. The molecule has 0 saturated carbocycles. The number of hydrazine groups is 1. The molecule has 1 aromatic rings. The molecule has 1 amide bonds. The van der Waals surface area contributed by atoms with Gasteiger partial charge in [0.15, 0.2) is 11.2 Å². The minimum absolute atomic E-state index is 0.303. The van der Waals surface area contributed by atoms with Gasteiger partial charge in [-0.2, -0.15) is 0 Å². The zero-order chi connectivity index (χ0) is 17.2. The highest BCUT2D eigenvalue weighted by Crippen LogP contribution is 2.18. The summed E-state index contributed by atoms with van der Waals surface area (Å²) in [4.78, 5) is 14.0. The molecule has 1 atom stereocenters. The lowest BCUT2D eigenvalue weighted by atomic mass is 10.3. The highest BCUT2D eigenvalue weighted by atomic mass is 79.9. The molecule has 0 saturated heterocycles. The largest absolute Gasteiger partial charge is 0.481 e. The molecule has 0 unspecified atom stereocenters. The summed E-state index contributed by atoms with van der Waals surface area (Å²) in [6, 6.07) is 7.32. The summed E-state index contributed by atoms with van der Waals surface area (Å²) in [7, 11) is 4.03. The van der Waals surface area contributed by atoms with Gasteiger partial charge in [-0.05, 0) is 64.4 Å². The van der Waals surface area contributed by atoms with Crippen molar-refractivity contribution in [3.63, 3.8) is 0 Å². The van der Waals surface area contributed by atoms with Gasteiger partial charge in [-0.3, -0.25) is 15.6 Å². The molecule has 1 rings (SSSR count). The number of nitrogens with zero attached hydrogens (tertiary/aromatic N) is 1. The van der Waals surface area contributed by atoms with E-state index in [1.807, 2.05) is 26.2 Å². The van der Waals surface area contributed by atoms with Crippen LogP contribution in [0, 0.1) is 0 Å². The minimum atomic E-state index is -0.645. The summed E-state index contributed by atoms with van der Waals surface area (Å²) in [5, 5.41) is 3.40. The van der Waals surface area contributed by atoms with Crippen LogP contribution in [0.4, 0.5) is 0 Å². The molecule has 8 heteroatoms. The summed E-state index contributed by atoms with van der Waals surface area (Å²) >= 11 is 8.44. The Morgan fingerprint density at radius 2 is 2.13 bits per heavy atom. The summed E-state index contributed by atoms with van der Waals surface area (Å²) < 4.78 is 6.46. The first-order valence-electron chi connectivity index (χ1n) is 7.29. The number of carbonyl (C=O) groups excluding carboxylic acids is 1. The van der Waals surface area contributed by atoms with Gasteiger partial charge in [0.2, 0.25) is 0 Å². The van der Waals surface area contributed by atoms with Gasteiger partial charge in [-0.15, -0.1) is 0 Å². The van der Waals surface area contributed by atoms with E-state index in [0.717, 1.165) is 24.0 Å². The molecular weight excluding hydrogens is 380 g/mol. The van der Waals surface area contributed by atoms with Crippen LogP contribution in [0.1, 0.15) is 13.3 Å². The molecule has 0 spiro atoms. The second-order valence-electron chi connectivity index (χ2n) is 5.24. The maximum absolute atomic E-state index is 12.0. The Balaban J connectivity index is 2.25. The van der Waals surface area contributed by atoms with Crippen molar-refractivity contribution in [2.75, 3.05) is 27.2 Å². The van der Waals surface area contributed by atoms with Crippen molar-refractivity contribution in [2.24, 2.45) is 0 Å². The molecule has 0 fully saturated rings. The van der Waals surface area contributed by atoms with Crippen molar-refractivity contribution in [1.82, 2.24) is 21.1 Å². The van der Waals surface area contributed by atoms with E-state index in [1.165, 1.54) is 0 Å². The zero-order valence-corrected chi connectivity index (χ0v) is 16.0. The van der Waals surface area contributed by atoms with E-state index in [1.54, 1.807) is 19.1 Å². The monoisotopic (exact) mass is 402 g/mol. The van der Waals surface area contributed by atoms with Gasteiger partial charge in [-0.25, -0.2) is 0 Å². The molecule has 0 aliphatic heterocycles. The Kier molecular flexibility index (Phi) is 8.90. The average molecular weight is 403 g/mol. The molecule has 0 radical (unpaired) electrons. The van der Waals surface area contributed by atoms with Crippen LogP contribution in [-0.2, 0) is 4.79 Å². The van der Waals surface area contributed by atoms with Crippen LogP contribution in [0.15, 0.2) is 28.7 Å². The Labute approximate surface area is 151 Å². The summed E-state index contributed by atoms with van der Waals surface area (Å²) in [6.07, 6.45) is 0.318. The van der Waals surface area contributed by atoms with Crippen molar-refractivity contribution in [2.45, 2.75) is 19.4 Å². The van der Waals surface area contributed by atoms with E-state index in [4.69, 9.17) is 17.0 Å². The topological polar surface area (TPSA) is 65.6 Å². The summed E-state index contributed by atoms with van der Waals surface area (Å²) in [5.74, 6) is 0.314. The minimum Gasteiger partial charge on any atom is -0.481 e. The van der Waals surface area contributed by atoms with Crippen LogP contribution in [0.3, 0.4) is 0 Å². The van der Waals surface area contributed by atoms with E-state index in [2.05, 4.69) is 37.0 Å². The second-order valence-corrected chi connectivity index (χ2v) is 6.57. The first kappa shape index (κ1) is 19.7. The average Bonchev–Trinajstić information content (AvgIpc) is 2.49. The van der Waals surface area contributed by atoms with Crippen molar-refractivity contribution in [3.05, 3.63) is 28.7 Å². The van der Waals surface area contributed by atoms with Gasteiger partial charge in [0, 0.05) is 11.0 Å². The summed E-state index contributed by atoms with van der Waals surface area (Å²) in [5.41, 5.74) is 5.19. The third-order valence-corrected chi connectivity index (χ3v) is 3.58. The van der Waals surface area contributed by atoms with Gasteiger partial charge in [0.25, 0.3) is 5.91 Å². The standard InChI is InChI=1S/C15H23BrN4O2S/c1-11(22-13-7-4-6-12(16)10-13)14(21)18-19-15(23)17-8-5-9-20(2)3/h4,6-7,10-11H,5,8-9H2,1-3H3,(H,18,21)(H2,17,19,23)/t11-/m1/s1. The fraction of sp³-hybridized carbons (Fsp3) is 0.467. The normalized spacial score (nSPS) is 11.7. The van der Waals surface area contributed by atoms with Crippen molar-refractivity contribution < 1.29 is 9.53 Å². The number of thiocarbonyl (C=S) groups is 1. The van der Waals surface area contributed by atoms with E-state index in [0.29, 0.717) is 10.9 Å². The first-order chi connectivity index (χ1) is 10.9. The number of nitrogens with one attached hydrogen (secondary N) is 3. The lowest BCUT2D eigenvalue weighted by Gasteiger charge is -2.17. The Bertz CT molecular complexity index is 528. The highest BCUT2D eigenvalue weighted by molar-refractivity contribution is 9.10. The highest BCUT2D eigenvalue weighted by Gasteiger charge is 2.14. The van der Waals surface area contributed by atoms with Crippen LogP contribution in [-0.4, -0.2) is 49.2 Å². The van der Waals surface area contributed by atoms with Crippen molar-refractivity contribution in [1.29, 1.82) is 0 Å². The van der Waals surface area contributed by atoms with Crippen LogP contribution in [0.5, 0.6) is 5.75 Å². The number of ether oxygens (including phenoxy) is 1. The number of rotatable bonds is 7. The lowest BCUT2D eigenvalue weighted by Crippen LogP contribution is -2.50. The van der Waals surface area contributed by atoms with Gasteiger partial charge in [0.1, 0.15) is 5.75 Å². The van der Waals surface area contributed by atoms with Gasteiger partial charge >= 0.3 is 0 Å². The maximum Gasteiger partial charge on any atom is 0.279 e. The third-order valence-electron chi connectivity index (χ3n) is 2.85. The first-order valence-corrected chi connectivity index (χ1v) is 8.49. The number of hydrogen-bond acceptors (Lipinski definition) is 4. The second kappa shape index (κ2) is 10.4. The number of halogens is 1. The lowest BCUT2D eigenvalue weighted by molar-refractivity contribution is -0.127. The van der Waals surface area contributed by atoms with E-state index >= 15 is 0 Å². The number of hydrogen-bond donors (Lipinski definition) is 3. The fourth-order valence-electron chi connectivity index (χ4n) is 1.66. The van der Waals surface area contributed by atoms with Crippen molar-refractivity contribution >= 4 is 39.2 Å². The van der Waals surface area contributed by atoms with Crippen LogP contribution >= 0.6 is 28.1 Å². The molecule has 0 aromatic heterocycles. The molecule has 0 bridgehead atoms. The maximum atomic E-state index is 12.0. The molecule has 23 heavy (non-hydrogen) atoms. The Hall–Kier alpha value is -1.38. The quantitative estimate of drug-likeness (QED) is 0.366. The predicted molar refractivity (Wildman–Crippen MR) is 99.3 cm³/mol. The molecule has 0 aliphatic rings. The summed E-state index contributed by atoms with van der Waals surface area (Å²) in [6.45, 7) is 3.38.